The van der Waals surface area contributed by atoms with Crippen LogP contribution in [0, 0.1) is 0 Å². The fourth-order valence-electron chi connectivity index (χ4n) is 1.75. The fourth-order valence-corrected chi connectivity index (χ4v) is 2.02. The number of nitrogens with two attached hydrogens (primary N) is 1. The monoisotopic (exact) mass is 320 g/mol. The first-order valence-corrected chi connectivity index (χ1v) is 6.96. The molecule has 0 spiro atoms. The van der Waals surface area contributed by atoms with E-state index in [-0.39, 0.29) is 0 Å². The number of hydrogen-bond acceptors (Lipinski definition) is 4. The van der Waals surface area contributed by atoms with Gasteiger partial charge in [0.15, 0.2) is 0 Å². The van der Waals surface area contributed by atoms with Crippen LogP contribution in [0.15, 0.2) is 34.8 Å². The van der Waals surface area contributed by atoms with Crippen molar-refractivity contribution in [1.82, 2.24) is 9.97 Å². The molecule has 19 heavy (non-hydrogen) atoms. The minimum absolute atomic E-state index is 0.346. The molecule has 1 heterocycles. The second-order valence-electron chi connectivity index (χ2n) is 4.70. The van der Waals surface area contributed by atoms with Crippen LogP contribution in [0.4, 0.5) is 5.82 Å². The summed E-state index contributed by atoms with van der Waals surface area (Å²) in [6.45, 7) is 4.21. The van der Waals surface area contributed by atoms with Gasteiger partial charge in [0.25, 0.3) is 0 Å². The highest BCUT2D eigenvalue weighted by Gasteiger charge is 2.08. The SMILES string of the molecule is CC(C)c1cc(NN)nc(Cc2ccc(Br)cc2)n1. The van der Waals surface area contributed by atoms with Crippen LogP contribution in [0.5, 0.6) is 0 Å². The quantitative estimate of drug-likeness (QED) is 0.670. The number of nitrogen functional groups attached to an aromatic ring is 1. The topological polar surface area (TPSA) is 63.8 Å². The zero-order valence-electron chi connectivity index (χ0n) is 11.0. The molecule has 3 N–H and O–H groups in total. The summed E-state index contributed by atoms with van der Waals surface area (Å²) in [7, 11) is 0. The lowest BCUT2D eigenvalue weighted by molar-refractivity contribution is 0.792. The Bertz CT molecular complexity index is 552. The second-order valence-corrected chi connectivity index (χ2v) is 5.61. The lowest BCUT2D eigenvalue weighted by Crippen LogP contribution is -2.12. The molecule has 0 bridgehead atoms. The second kappa shape index (κ2) is 6.12. The Balaban J connectivity index is 2.28. The lowest BCUT2D eigenvalue weighted by atomic mass is 10.1. The Morgan fingerprint density at radius 3 is 2.47 bits per heavy atom. The fraction of sp³-hybridized carbons (Fsp3) is 0.286. The van der Waals surface area contributed by atoms with E-state index in [9.17, 15) is 0 Å². The summed E-state index contributed by atoms with van der Waals surface area (Å²) in [5, 5.41) is 0. The molecular weight excluding hydrogens is 304 g/mol. The van der Waals surface area contributed by atoms with Gasteiger partial charge in [-0.3, -0.25) is 0 Å². The maximum Gasteiger partial charge on any atom is 0.143 e. The van der Waals surface area contributed by atoms with E-state index >= 15 is 0 Å². The van der Waals surface area contributed by atoms with Crippen LogP contribution in [0.2, 0.25) is 0 Å². The van der Waals surface area contributed by atoms with Crippen molar-refractivity contribution in [2.24, 2.45) is 5.84 Å². The van der Waals surface area contributed by atoms with Crippen LogP contribution in [-0.2, 0) is 6.42 Å². The van der Waals surface area contributed by atoms with Crippen molar-refractivity contribution in [3.8, 4) is 0 Å². The van der Waals surface area contributed by atoms with Gasteiger partial charge in [0, 0.05) is 22.7 Å². The minimum atomic E-state index is 0.346. The van der Waals surface area contributed by atoms with Crippen LogP contribution in [0.25, 0.3) is 0 Å². The van der Waals surface area contributed by atoms with E-state index in [1.54, 1.807) is 0 Å². The van der Waals surface area contributed by atoms with Gasteiger partial charge in [0.05, 0.1) is 0 Å². The van der Waals surface area contributed by atoms with Gasteiger partial charge in [-0.25, -0.2) is 15.8 Å². The van der Waals surface area contributed by atoms with Gasteiger partial charge in [-0.2, -0.15) is 0 Å². The maximum atomic E-state index is 5.45. The van der Waals surface area contributed by atoms with Gasteiger partial charge < -0.3 is 5.43 Å². The maximum absolute atomic E-state index is 5.45. The number of rotatable bonds is 4. The third-order valence-corrected chi connectivity index (χ3v) is 3.34. The Labute approximate surface area is 121 Å². The highest BCUT2D eigenvalue weighted by atomic mass is 79.9. The van der Waals surface area contributed by atoms with Gasteiger partial charge in [0.2, 0.25) is 0 Å². The number of benzene rings is 1. The van der Waals surface area contributed by atoms with Crippen molar-refractivity contribution >= 4 is 21.7 Å². The highest BCUT2D eigenvalue weighted by molar-refractivity contribution is 9.10. The molecule has 4 nitrogen and oxygen atoms in total. The molecule has 5 heteroatoms. The molecule has 100 valence electrons. The van der Waals surface area contributed by atoms with Gasteiger partial charge in [0.1, 0.15) is 11.6 Å². The molecule has 0 aliphatic heterocycles. The summed E-state index contributed by atoms with van der Waals surface area (Å²) >= 11 is 3.43. The summed E-state index contributed by atoms with van der Waals surface area (Å²) in [6.07, 6.45) is 0.697. The van der Waals surface area contributed by atoms with E-state index in [4.69, 9.17) is 5.84 Å². The van der Waals surface area contributed by atoms with Crippen molar-refractivity contribution < 1.29 is 0 Å². The summed E-state index contributed by atoms with van der Waals surface area (Å²) in [5.74, 6) is 7.24. The summed E-state index contributed by atoms with van der Waals surface area (Å²) in [5.41, 5.74) is 4.77. The molecule has 0 unspecified atom stereocenters. The number of nitrogens with one attached hydrogen (secondary N) is 1. The van der Waals surface area contributed by atoms with Gasteiger partial charge in [-0.15, -0.1) is 0 Å². The summed E-state index contributed by atoms with van der Waals surface area (Å²) in [6, 6.07) is 10.0. The molecule has 2 aromatic rings. The largest absolute Gasteiger partial charge is 0.308 e. The van der Waals surface area contributed by atoms with Crippen LogP contribution >= 0.6 is 15.9 Å². The number of hydrogen-bond donors (Lipinski definition) is 2. The first kappa shape index (κ1) is 14.0. The average molecular weight is 321 g/mol. The molecule has 0 saturated carbocycles. The van der Waals surface area contributed by atoms with Crippen molar-refractivity contribution in [1.29, 1.82) is 0 Å². The Morgan fingerprint density at radius 1 is 1.21 bits per heavy atom. The predicted octanol–water partition coefficient (Wildman–Crippen LogP) is 3.24. The number of anilines is 1. The van der Waals surface area contributed by atoms with Gasteiger partial charge >= 0.3 is 0 Å². The molecular formula is C14H17BrN4. The Morgan fingerprint density at radius 2 is 1.89 bits per heavy atom. The van der Waals surface area contributed by atoms with E-state index in [0.717, 1.165) is 16.0 Å². The van der Waals surface area contributed by atoms with Crippen LogP contribution in [0.3, 0.4) is 0 Å². The molecule has 0 aliphatic rings. The Kier molecular flexibility index (Phi) is 4.50. The molecule has 0 radical (unpaired) electrons. The zero-order chi connectivity index (χ0) is 13.8. The number of aromatic nitrogens is 2. The molecule has 0 fully saturated rings. The van der Waals surface area contributed by atoms with Crippen molar-refractivity contribution in [2.45, 2.75) is 26.2 Å². The standard InChI is InChI=1S/C14H17BrN4/c1-9(2)12-8-14(19-16)18-13(17-12)7-10-3-5-11(15)6-4-10/h3-6,8-9H,7,16H2,1-2H3,(H,17,18,19). The normalized spacial score (nSPS) is 10.8. The molecule has 0 amide bonds. The summed E-state index contributed by atoms with van der Waals surface area (Å²) in [4.78, 5) is 8.97. The molecule has 0 saturated heterocycles. The molecule has 1 aromatic heterocycles. The van der Waals surface area contributed by atoms with Crippen molar-refractivity contribution in [3.05, 3.63) is 51.9 Å². The van der Waals surface area contributed by atoms with Crippen molar-refractivity contribution in [3.63, 3.8) is 0 Å². The molecule has 2 rings (SSSR count). The smallest absolute Gasteiger partial charge is 0.143 e. The zero-order valence-corrected chi connectivity index (χ0v) is 12.6. The molecule has 1 aromatic carbocycles. The highest BCUT2D eigenvalue weighted by Crippen LogP contribution is 2.17. The van der Waals surface area contributed by atoms with Crippen LogP contribution in [-0.4, -0.2) is 9.97 Å². The number of nitrogens with zero attached hydrogens (tertiary/aromatic N) is 2. The first-order chi connectivity index (χ1) is 9.08. The molecule has 0 atom stereocenters. The lowest BCUT2D eigenvalue weighted by Gasteiger charge is -2.10. The average Bonchev–Trinajstić information content (AvgIpc) is 2.41. The van der Waals surface area contributed by atoms with Crippen LogP contribution < -0.4 is 11.3 Å². The predicted molar refractivity (Wildman–Crippen MR) is 80.9 cm³/mol. The number of hydrazine groups is 1. The van der Waals surface area contributed by atoms with Crippen LogP contribution in [0.1, 0.15) is 36.8 Å². The van der Waals surface area contributed by atoms with Gasteiger partial charge in [-0.1, -0.05) is 41.9 Å². The number of halogens is 1. The first-order valence-electron chi connectivity index (χ1n) is 6.17. The third-order valence-electron chi connectivity index (χ3n) is 2.81. The van der Waals surface area contributed by atoms with E-state index < -0.39 is 0 Å². The van der Waals surface area contributed by atoms with Gasteiger partial charge in [-0.05, 0) is 23.6 Å². The third kappa shape index (κ3) is 3.75. The molecule has 0 aliphatic carbocycles. The van der Waals surface area contributed by atoms with Crippen molar-refractivity contribution in [2.75, 3.05) is 5.43 Å². The van der Waals surface area contributed by atoms with E-state index in [0.29, 0.717) is 18.2 Å². The Hall–Kier alpha value is -1.46. The van der Waals surface area contributed by atoms with E-state index in [1.165, 1.54) is 5.56 Å². The van der Waals surface area contributed by atoms with E-state index in [2.05, 4.69) is 57.3 Å². The minimum Gasteiger partial charge on any atom is -0.308 e. The summed E-state index contributed by atoms with van der Waals surface area (Å²) < 4.78 is 1.07. The van der Waals surface area contributed by atoms with E-state index in [1.807, 2.05) is 18.2 Å².